The number of piperidine rings is 1. The molecule has 1 rings (SSSR count). The average molecular weight is 172 g/mol. The Labute approximate surface area is 74.8 Å². The van der Waals surface area contributed by atoms with E-state index in [0.29, 0.717) is 6.61 Å². The van der Waals surface area contributed by atoms with Crippen molar-refractivity contribution in [3.8, 4) is 0 Å². The summed E-state index contributed by atoms with van der Waals surface area (Å²) >= 11 is 0. The molecule has 1 aliphatic heterocycles. The van der Waals surface area contributed by atoms with E-state index in [4.69, 9.17) is 5.11 Å². The zero-order valence-electron chi connectivity index (χ0n) is 7.92. The van der Waals surface area contributed by atoms with Gasteiger partial charge in [0.2, 0.25) is 0 Å². The Morgan fingerprint density at radius 2 is 2.08 bits per heavy atom. The van der Waals surface area contributed by atoms with E-state index in [1.54, 1.807) is 0 Å². The molecule has 1 heterocycles. The maximum Gasteiger partial charge on any atom is 0.0443 e. The summed E-state index contributed by atoms with van der Waals surface area (Å²) in [4.78, 5) is 2.37. The van der Waals surface area contributed by atoms with Crippen LogP contribution in [0.1, 0.15) is 19.3 Å². The fraction of sp³-hybridized carbons (Fsp3) is 1.00. The lowest BCUT2D eigenvalue weighted by atomic mass is 10.1. The maximum absolute atomic E-state index is 8.67. The summed E-state index contributed by atoms with van der Waals surface area (Å²) in [5, 5.41) is 12.0. The van der Waals surface area contributed by atoms with Crippen LogP contribution in [-0.2, 0) is 0 Å². The van der Waals surface area contributed by atoms with E-state index in [1.165, 1.54) is 12.8 Å². The monoisotopic (exact) mass is 172 g/mol. The first kappa shape index (κ1) is 9.96. The quantitative estimate of drug-likeness (QED) is 0.629. The van der Waals surface area contributed by atoms with Gasteiger partial charge in [-0.3, -0.25) is 0 Å². The fourth-order valence-electron chi connectivity index (χ4n) is 1.75. The number of nitrogens with one attached hydrogen (secondary N) is 1. The van der Waals surface area contributed by atoms with Crippen molar-refractivity contribution in [1.82, 2.24) is 10.2 Å². The standard InChI is InChI=1S/C9H20N2O/c1-11(7-2-8-12)9-3-5-10-6-4-9/h9-10,12H,2-8H2,1H3. The van der Waals surface area contributed by atoms with Crippen LogP contribution in [-0.4, -0.2) is 49.3 Å². The lowest BCUT2D eigenvalue weighted by Gasteiger charge is -2.31. The van der Waals surface area contributed by atoms with Crippen molar-refractivity contribution in [3.05, 3.63) is 0 Å². The van der Waals surface area contributed by atoms with Crippen LogP contribution in [0.2, 0.25) is 0 Å². The Morgan fingerprint density at radius 1 is 1.42 bits per heavy atom. The third-order valence-corrected chi connectivity index (χ3v) is 2.60. The second kappa shape index (κ2) is 5.51. The maximum atomic E-state index is 8.67. The SMILES string of the molecule is CN(CCCO)C1CCNCC1. The van der Waals surface area contributed by atoms with Gasteiger partial charge in [0.25, 0.3) is 0 Å². The third kappa shape index (κ3) is 3.09. The average Bonchev–Trinajstić information content (AvgIpc) is 2.15. The summed E-state index contributed by atoms with van der Waals surface area (Å²) in [5.74, 6) is 0. The third-order valence-electron chi connectivity index (χ3n) is 2.60. The van der Waals surface area contributed by atoms with Crippen LogP contribution in [0.5, 0.6) is 0 Å². The lowest BCUT2D eigenvalue weighted by molar-refractivity contribution is 0.178. The summed E-state index contributed by atoms with van der Waals surface area (Å²) in [6, 6.07) is 0.734. The highest BCUT2D eigenvalue weighted by Gasteiger charge is 2.16. The minimum Gasteiger partial charge on any atom is -0.396 e. The molecule has 0 saturated carbocycles. The smallest absolute Gasteiger partial charge is 0.0443 e. The largest absolute Gasteiger partial charge is 0.396 e. The van der Waals surface area contributed by atoms with Gasteiger partial charge in [-0.25, -0.2) is 0 Å². The van der Waals surface area contributed by atoms with Crippen molar-refractivity contribution >= 4 is 0 Å². The van der Waals surface area contributed by atoms with Gasteiger partial charge in [0.05, 0.1) is 0 Å². The van der Waals surface area contributed by atoms with Crippen LogP contribution >= 0.6 is 0 Å². The Morgan fingerprint density at radius 3 is 2.67 bits per heavy atom. The van der Waals surface area contributed by atoms with Crippen LogP contribution in [0, 0.1) is 0 Å². The van der Waals surface area contributed by atoms with Crippen molar-refractivity contribution in [1.29, 1.82) is 0 Å². The van der Waals surface area contributed by atoms with Gasteiger partial charge in [-0.15, -0.1) is 0 Å². The molecule has 72 valence electrons. The second-order valence-electron chi connectivity index (χ2n) is 3.54. The minimum atomic E-state index is 0.315. The van der Waals surface area contributed by atoms with Gasteiger partial charge in [-0.1, -0.05) is 0 Å². The number of hydrogen-bond acceptors (Lipinski definition) is 3. The van der Waals surface area contributed by atoms with E-state index >= 15 is 0 Å². The molecule has 0 aliphatic carbocycles. The zero-order valence-corrected chi connectivity index (χ0v) is 7.92. The van der Waals surface area contributed by atoms with Crippen LogP contribution in [0.25, 0.3) is 0 Å². The van der Waals surface area contributed by atoms with Crippen LogP contribution < -0.4 is 5.32 Å². The molecule has 3 nitrogen and oxygen atoms in total. The number of aliphatic hydroxyl groups is 1. The molecular weight excluding hydrogens is 152 g/mol. The van der Waals surface area contributed by atoms with E-state index in [1.807, 2.05) is 0 Å². The van der Waals surface area contributed by atoms with E-state index in [-0.39, 0.29) is 0 Å². The molecule has 0 atom stereocenters. The highest BCUT2D eigenvalue weighted by atomic mass is 16.3. The van der Waals surface area contributed by atoms with Crippen LogP contribution in [0.15, 0.2) is 0 Å². The number of hydrogen-bond donors (Lipinski definition) is 2. The van der Waals surface area contributed by atoms with Gasteiger partial charge in [0.1, 0.15) is 0 Å². The summed E-state index contributed by atoms with van der Waals surface area (Å²) in [6.07, 6.45) is 3.41. The zero-order chi connectivity index (χ0) is 8.81. The van der Waals surface area contributed by atoms with Crippen molar-refractivity contribution in [2.75, 3.05) is 33.3 Å². The topological polar surface area (TPSA) is 35.5 Å². The molecule has 0 aromatic rings. The first-order chi connectivity index (χ1) is 5.84. The van der Waals surface area contributed by atoms with Crippen LogP contribution in [0.4, 0.5) is 0 Å². The second-order valence-corrected chi connectivity index (χ2v) is 3.54. The van der Waals surface area contributed by atoms with Crippen molar-refractivity contribution in [2.24, 2.45) is 0 Å². The molecule has 0 aromatic carbocycles. The summed E-state index contributed by atoms with van der Waals surface area (Å²) in [6.45, 7) is 3.64. The summed E-state index contributed by atoms with van der Waals surface area (Å²) in [5.41, 5.74) is 0. The number of nitrogens with zero attached hydrogens (tertiary/aromatic N) is 1. The summed E-state index contributed by atoms with van der Waals surface area (Å²) < 4.78 is 0. The van der Waals surface area contributed by atoms with E-state index in [2.05, 4.69) is 17.3 Å². The van der Waals surface area contributed by atoms with Crippen molar-refractivity contribution in [2.45, 2.75) is 25.3 Å². The lowest BCUT2D eigenvalue weighted by Crippen LogP contribution is -2.41. The van der Waals surface area contributed by atoms with Crippen LogP contribution in [0.3, 0.4) is 0 Å². The van der Waals surface area contributed by atoms with E-state index in [9.17, 15) is 0 Å². The summed E-state index contributed by atoms with van der Waals surface area (Å²) in [7, 11) is 2.16. The highest BCUT2D eigenvalue weighted by Crippen LogP contribution is 2.09. The van der Waals surface area contributed by atoms with Gasteiger partial charge in [-0.05, 0) is 39.4 Å². The first-order valence-corrected chi connectivity index (χ1v) is 4.86. The molecular formula is C9H20N2O. The van der Waals surface area contributed by atoms with Crippen molar-refractivity contribution < 1.29 is 5.11 Å². The van der Waals surface area contributed by atoms with Gasteiger partial charge >= 0.3 is 0 Å². The Hall–Kier alpha value is -0.120. The molecule has 1 saturated heterocycles. The first-order valence-electron chi connectivity index (χ1n) is 4.86. The molecule has 12 heavy (non-hydrogen) atoms. The van der Waals surface area contributed by atoms with Gasteiger partial charge < -0.3 is 15.3 Å². The molecule has 2 N–H and O–H groups in total. The Kier molecular flexibility index (Phi) is 4.58. The van der Waals surface area contributed by atoms with Gasteiger partial charge in [-0.2, -0.15) is 0 Å². The molecule has 0 bridgehead atoms. The molecule has 0 amide bonds. The van der Waals surface area contributed by atoms with Gasteiger partial charge in [0.15, 0.2) is 0 Å². The molecule has 1 fully saturated rings. The Balaban J connectivity index is 2.15. The van der Waals surface area contributed by atoms with Gasteiger partial charge in [0, 0.05) is 19.2 Å². The molecule has 3 heteroatoms. The number of rotatable bonds is 4. The normalized spacial score (nSPS) is 20.2. The fourth-order valence-corrected chi connectivity index (χ4v) is 1.75. The minimum absolute atomic E-state index is 0.315. The number of aliphatic hydroxyl groups excluding tert-OH is 1. The molecule has 0 spiro atoms. The predicted molar refractivity (Wildman–Crippen MR) is 50.2 cm³/mol. The molecule has 0 unspecified atom stereocenters. The molecule has 0 aromatic heterocycles. The van der Waals surface area contributed by atoms with E-state index < -0.39 is 0 Å². The highest BCUT2D eigenvalue weighted by molar-refractivity contribution is 4.75. The Bertz CT molecular complexity index is 113. The van der Waals surface area contributed by atoms with E-state index in [0.717, 1.165) is 32.1 Å². The van der Waals surface area contributed by atoms with Crippen molar-refractivity contribution in [3.63, 3.8) is 0 Å². The predicted octanol–water partition coefficient (Wildman–Crippen LogP) is 0.0526. The molecule has 0 radical (unpaired) electrons. The molecule has 1 aliphatic rings.